The summed E-state index contributed by atoms with van der Waals surface area (Å²) in [4.78, 5) is 11.5. The molecular formula is C13H27NO2. The highest BCUT2D eigenvalue weighted by Crippen LogP contribution is 2.11. The Morgan fingerprint density at radius 1 is 1.25 bits per heavy atom. The first-order valence-corrected chi connectivity index (χ1v) is 6.20. The number of nitrogens with one attached hydrogen (secondary N) is 1. The molecule has 0 aromatic rings. The summed E-state index contributed by atoms with van der Waals surface area (Å²) in [6.45, 7) is 12.2. The minimum absolute atomic E-state index is 0.0817. The van der Waals surface area contributed by atoms with Crippen LogP contribution in [0.3, 0.4) is 0 Å². The van der Waals surface area contributed by atoms with Crippen molar-refractivity contribution >= 4 is 5.91 Å². The van der Waals surface area contributed by atoms with Gasteiger partial charge in [-0.3, -0.25) is 4.79 Å². The summed E-state index contributed by atoms with van der Waals surface area (Å²) in [5, 5.41) is 2.86. The Kier molecular flexibility index (Phi) is 7.39. The minimum atomic E-state index is -0.308. The smallest absolute Gasteiger partial charge is 0.225 e. The zero-order chi connectivity index (χ0) is 12.6. The molecule has 96 valence electrons. The van der Waals surface area contributed by atoms with Gasteiger partial charge in [0.15, 0.2) is 0 Å². The molecule has 0 spiro atoms. The number of rotatable bonds is 7. The molecule has 0 aromatic heterocycles. The van der Waals surface area contributed by atoms with E-state index < -0.39 is 0 Å². The fourth-order valence-electron chi connectivity index (χ4n) is 1.20. The molecule has 0 aliphatic carbocycles. The maximum absolute atomic E-state index is 11.5. The van der Waals surface area contributed by atoms with Crippen LogP contribution < -0.4 is 5.32 Å². The Bertz CT molecular complexity index is 195. The summed E-state index contributed by atoms with van der Waals surface area (Å²) in [5.74, 6) is 0.822. The van der Waals surface area contributed by atoms with Crippen LogP contribution in [-0.4, -0.2) is 25.7 Å². The van der Waals surface area contributed by atoms with Gasteiger partial charge in [0.25, 0.3) is 0 Å². The molecule has 0 radical (unpaired) electrons. The van der Waals surface area contributed by atoms with Crippen LogP contribution in [0.5, 0.6) is 0 Å². The van der Waals surface area contributed by atoms with E-state index in [-0.39, 0.29) is 11.3 Å². The lowest BCUT2D eigenvalue weighted by Gasteiger charge is -2.17. The van der Waals surface area contributed by atoms with Gasteiger partial charge < -0.3 is 10.1 Å². The fraction of sp³-hybridized carbons (Fsp3) is 0.923. The highest BCUT2D eigenvalue weighted by atomic mass is 16.5. The largest absolute Gasteiger partial charge is 0.380 e. The van der Waals surface area contributed by atoms with Gasteiger partial charge in [-0.1, -0.05) is 34.6 Å². The number of carbonyl (C=O) groups is 1. The van der Waals surface area contributed by atoms with E-state index in [4.69, 9.17) is 4.74 Å². The van der Waals surface area contributed by atoms with E-state index in [0.29, 0.717) is 13.2 Å². The lowest BCUT2D eigenvalue weighted by Crippen LogP contribution is -2.36. The van der Waals surface area contributed by atoms with Crippen LogP contribution in [-0.2, 0) is 9.53 Å². The van der Waals surface area contributed by atoms with Gasteiger partial charge in [0, 0.05) is 18.6 Å². The van der Waals surface area contributed by atoms with Crippen LogP contribution in [0.1, 0.15) is 47.5 Å². The topological polar surface area (TPSA) is 38.3 Å². The van der Waals surface area contributed by atoms with Crippen molar-refractivity contribution < 1.29 is 9.53 Å². The lowest BCUT2D eigenvalue weighted by molar-refractivity contribution is -0.128. The van der Waals surface area contributed by atoms with Crippen molar-refractivity contribution in [3.05, 3.63) is 0 Å². The Hall–Kier alpha value is -0.570. The van der Waals surface area contributed by atoms with Crippen molar-refractivity contribution in [2.45, 2.75) is 47.5 Å². The highest BCUT2D eigenvalue weighted by molar-refractivity contribution is 5.81. The third-order valence-corrected chi connectivity index (χ3v) is 2.28. The van der Waals surface area contributed by atoms with Crippen LogP contribution >= 0.6 is 0 Å². The Balaban J connectivity index is 3.31. The molecule has 0 bridgehead atoms. The fourth-order valence-corrected chi connectivity index (χ4v) is 1.20. The van der Waals surface area contributed by atoms with Crippen molar-refractivity contribution in [2.75, 3.05) is 19.8 Å². The monoisotopic (exact) mass is 229 g/mol. The first kappa shape index (κ1) is 15.4. The minimum Gasteiger partial charge on any atom is -0.380 e. The van der Waals surface area contributed by atoms with Gasteiger partial charge in [-0.15, -0.1) is 0 Å². The summed E-state index contributed by atoms with van der Waals surface area (Å²) in [6.07, 6.45) is 2.30. The van der Waals surface area contributed by atoms with Crippen molar-refractivity contribution in [1.29, 1.82) is 0 Å². The Labute approximate surface area is 99.9 Å². The molecule has 3 nitrogen and oxygen atoms in total. The average Bonchev–Trinajstić information content (AvgIpc) is 2.14. The van der Waals surface area contributed by atoms with Crippen molar-refractivity contribution in [1.82, 2.24) is 5.32 Å². The van der Waals surface area contributed by atoms with Gasteiger partial charge in [-0.25, -0.2) is 0 Å². The van der Waals surface area contributed by atoms with E-state index in [1.165, 1.54) is 6.42 Å². The summed E-state index contributed by atoms with van der Waals surface area (Å²) in [5.41, 5.74) is -0.308. The molecule has 0 heterocycles. The van der Waals surface area contributed by atoms with E-state index in [2.05, 4.69) is 19.2 Å². The van der Waals surface area contributed by atoms with Crippen molar-refractivity contribution in [2.24, 2.45) is 11.3 Å². The zero-order valence-electron chi connectivity index (χ0n) is 11.4. The predicted octanol–water partition coefficient (Wildman–Crippen LogP) is 2.60. The number of hydrogen-bond donors (Lipinski definition) is 1. The molecule has 16 heavy (non-hydrogen) atoms. The molecule has 0 aliphatic heterocycles. The van der Waals surface area contributed by atoms with Crippen LogP contribution in [0, 0.1) is 11.3 Å². The van der Waals surface area contributed by atoms with Gasteiger partial charge in [-0.05, 0) is 18.8 Å². The molecule has 0 saturated heterocycles. The van der Waals surface area contributed by atoms with Crippen molar-refractivity contribution in [3.63, 3.8) is 0 Å². The molecule has 0 aliphatic rings. The van der Waals surface area contributed by atoms with Gasteiger partial charge >= 0.3 is 0 Å². The zero-order valence-corrected chi connectivity index (χ0v) is 11.4. The molecule has 0 aromatic carbocycles. The maximum atomic E-state index is 11.5. The molecule has 0 saturated carbocycles. The van der Waals surface area contributed by atoms with E-state index in [1.807, 2.05) is 20.8 Å². The van der Waals surface area contributed by atoms with Gasteiger partial charge in [0.05, 0.1) is 6.61 Å². The summed E-state index contributed by atoms with van der Waals surface area (Å²) in [7, 11) is 0. The normalized spacial score (nSPS) is 11.9. The van der Waals surface area contributed by atoms with Gasteiger partial charge in [0.2, 0.25) is 5.91 Å². The third-order valence-electron chi connectivity index (χ3n) is 2.28. The lowest BCUT2D eigenvalue weighted by atomic mass is 9.96. The highest BCUT2D eigenvalue weighted by Gasteiger charge is 2.20. The summed E-state index contributed by atoms with van der Waals surface area (Å²) in [6, 6.07) is 0. The van der Waals surface area contributed by atoms with Crippen LogP contribution in [0.25, 0.3) is 0 Å². The average molecular weight is 229 g/mol. The second-order valence-electron chi connectivity index (χ2n) is 5.65. The molecule has 1 amide bonds. The van der Waals surface area contributed by atoms with Crippen LogP contribution in [0.15, 0.2) is 0 Å². The number of carbonyl (C=O) groups excluding carboxylic acids is 1. The maximum Gasteiger partial charge on any atom is 0.225 e. The molecule has 3 heteroatoms. The summed E-state index contributed by atoms with van der Waals surface area (Å²) >= 11 is 0. The van der Waals surface area contributed by atoms with Crippen LogP contribution in [0.4, 0.5) is 0 Å². The number of ether oxygens (including phenoxy) is 1. The second kappa shape index (κ2) is 7.66. The van der Waals surface area contributed by atoms with Gasteiger partial charge in [-0.2, -0.15) is 0 Å². The third kappa shape index (κ3) is 8.72. The summed E-state index contributed by atoms with van der Waals surface area (Å²) < 4.78 is 5.43. The molecular weight excluding hydrogens is 202 g/mol. The molecule has 0 rings (SSSR count). The molecule has 0 atom stereocenters. The Morgan fingerprint density at radius 3 is 2.38 bits per heavy atom. The Morgan fingerprint density at radius 2 is 1.88 bits per heavy atom. The van der Waals surface area contributed by atoms with E-state index in [9.17, 15) is 4.79 Å². The first-order chi connectivity index (χ1) is 7.34. The van der Waals surface area contributed by atoms with Crippen LogP contribution in [0.2, 0.25) is 0 Å². The molecule has 0 unspecified atom stereocenters. The van der Waals surface area contributed by atoms with Crippen molar-refractivity contribution in [3.8, 4) is 0 Å². The predicted molar refractivity (Wildman–Crippen MR) is 67.4 cm³/mol. The number of amides is 1. The SMILES string of the molecule is CC(C)CCCOCCNC(=O)C(C)(C)C. The standard InChI is InChI=1S/C13H27NO2/c1-11(2)7-6-9-16-10-8-14-12(15)13(3,4)5/h11H,6-10H2,1-5H3,(H,14,15). The van der Waals surface area contributed by atoms with E-state index >= 15 is 0 Å². The quantitative estimate of drug-likeness (QED) is 0.681. The second-order valence-corrected chi connectivity index (χ2v) is 5.65. The van der Waals surface area contributed by atoms with E-state index in [1.54, 1.807) is 0 Å². The van der Waals surface area contributed by atoms with Gasteiger partial charge in [0.1, 0.15) is 0 Å². The van der Waals surface area contributed by atoms with E-state index in [0.717, 1.165) is 18.9 Å². The number of hydrogen-bond acceptors (Lipinski definition) is 2. The molecule has 0 fully saturated rings. The molecule has 1 N–H and O–H groups in total. The first-order valence-electron chi connectivity index (χ1n) is 6.20.